The summed E-state index contributed by atoms with van der Waals surface area (Å²) in [5.74, 6) is -1.78. The van der Waals surface area contributed by atoms with Crippen LogP contribution in [0.5, 0.6) is 0 Å². The fourth-order valence-electron chi connectivity index (χ4n) is 3.72. The zero-order valence-electron chi connectivity index (χ0n) is 19.6. The third-order valence-corrected chi connectivity index (χ3v) is 6.23. The quantitative estimate of drug-likeness (QED) is 0.540. The number of aliphatic carboxylic acids is 1. The van der Waals surface area contributed by atoms with Crippen molar-refractivity contribution < 1.29 is 55.2 Å². The Bertz CT molecular complexity index is 977. The Balaban J connectivity index is 0.00000289. The first-order valence-electron chi connectivity index (χ1n) is 10.2. The number of methoxy groups -OCH3 is 1. The normalized spacial score (nSPS) is 16.1. The number of carboxylic acids is 1. The maximum Gasteiger partial charge on any atom is 1.00 e. The molecule has 9 heteroatoms. The summed E-state index contributed by atoms with van der Waals surface area (Å²) in [6, 6.07) is 11.5. The monoisotopic (exact) mass is 501 g/mol. The molecule has 3 rings (SSSR count). The Morgan fingerprint density at radius 3 is 2.33 bits per heavy atom. The summed E-state index contributed by atoms with van der Waals surface area (Å²) in [4.78, 5) is 24.1. The van der Waals surface area contributed by atoms with Crippen LogP contribution in [0.1, 0.15) is 42.2 Å². The maximum atomic E-state index is 12.5. The molecule has 1 saturated heterocycles. The van der Waals surface area contributed by atoms with Crippen molar-refractivity contribution in [3.8, 4) is 0 Å². The molecule has 33 heavy (non-hydrogen) atoms. The van der Waals surface area contributed by atoms with Crippen molar-refractivity contribution in [2.24, 2.45) is 0 Å². The summed E-state index contributed by atoms with van der Waals surface area (Å²) in [5.41, 5.74) is 1.73. The number of carboxylic acid groups (broad SMARTS) is 1. The summed E-state index contributed by atoms with van der Waals surface area (Å²) < 4.78 is 11.3. The van der Waals surface area contributed by atoms with Gasteiger partial charge in [-0.2, -0.15) is 0 Å². The van der Waals surface area contributed by atoms with Crippen LogP contribution in [0.15, 0.2) is 48.5 Å². The summed E-state index contributed by atoms with van der Waals surface area (Å²) in [7, 11) is 1.72. The topological polar surface area (TPSA) is 84.9 Å². The second kappa shape index (κ2) is 12.9. The molecule has 0 saturated carbocycles. The molecule has 0 aromatic heterocycles. The van der Waals surface area contributed by atoms with Crippen molar-refractivity contribution in [2.45, 2.75) is 30.9 Å². The molecule has 1 heterocycles. The van der Waals surface area contributed by atoms with Gasteiger partial charge in [-0.25, -0.2) is 4.79 Å². The molecule has 2 N–H and O–H groups in total. The first-order valence-corrected chi connectivity index (χ1v) is 11.0. The third-order valence-electron chi connectivity index (χ3n) is 5.60. The second-order valence-electron chi connectivity index (χ2n) is 7.53. The fraction of sp³-hybridized carbons (Fsp3) is 0.333. The molecular weight excluding hydrogens is 476 g/mol. The Morgan fingerprint density at radius 1 is 1.18 bits per heavy atom. The van der Waals surface area contributed by atoms with E-state index in [0.29, 0.717) is 13.2 Å². The molecule has 1 amide bonds. The van der Waals surface area contributed by atoms with E-state index >= 15 is 0 Å². The van der Waals surface area contributed by atoms with E-state index in [1.165, 1.54) is 12.1 Å². The van der Waals surface area contributed by atoms with E-state index in [1.807, 2.05) is 30.3 Å². The van der Waals surface area contributed by atoms with Crippen molar-refractivity contribution in [3.05, 3.63) is 75.3 Å². The molecular formula is C24H26Cl2NNaO5. The van der Waals surface area contributed by atoms with Crippen LogP contribution >= 0.6 is 23.2 Å². The summed E-state index contributed by atoms with van der Waals surface area (Å²) in [6.45, 7) is 1.33. The number of hydrogen-bond acceptors (Lipinski definition) is 4. The average Bonchev–Trinajstić information content (AvgIpc) is 2.79. The first-order chi connectivity index (χ1) is 15.4. The van der Waals surface area contributed by atoms with Crippen LogP contribution in [0.25, 0.3) is 6.08 Å². The summed E-state index contributed by atoms with van der Waals surface area (Å²) >= 11 is 12.1. The van der Waals surface area contributed by atoms with E-state index in [0.717, 1.165) is 24.0 Å². The standard InChI is InChI=1S/C24H25Cl2NO5.Na.H/c1-31-24(12-14-32-15-13-24)17-10-8-16(9-11-17)4-2-7-20(23(29)30)27-22(28)21-18(25)5-3-6-19(21)26;;/h2-6,8-11,20H,7,12-15H2,1H3,(H,27,28)(H,29,30);;/q;+1;-1. The zero-order valence-corrected chi connectivity index (χ0v) is 22.2. The molecule has 0 radical (unpaired) electrons. The van der Waals surface area contributed by atoms with Crippen molar-refractivity contribution in [3.63, 3.8) is 0 Å². The molecule has 2 aromatic carbocycles. The number of carbonyl (C=O) groups is 2. The smallest absolute Gasteiger partial charge is 1.00 e. The van der Waals surface area contributed by atoms with E-state index in [9.17, 15) is 14.7 Å². The number of amides is 1. The van der Waals surface area contributed by atoms with Crippen molar-refractivity contribution in [1.29, 1.82) is 0 Å². The van der Waals surface area contributed by atoms with E-state index in [2.05, 4.69) is 5.32 Å². The Hall–Kier alpha value is -1.38. The molecule has 172 valence electrons. The third kappa shape index (κ3) is 7.06. The van der Waals surface area contributed by atoms with E-state index in [-0.39, 0.29) is 58.6 Å². The average molecular weight is 502 g/mol. The SMILES string of the molecule is COC1(c2ccc(C=CCC(NC(=O)c3c(Cl)cccc3Cl)C(=O)O)cc2)CCOCC1.[H-].[Na+]. The molecule has 2 aromatic rings. The maximum absolute atomic E-state index is 12.5. The number of halogens is 2. The number of rotatable bonds is 8. The number of hydrogen-bond donors (Lipinski definition) is 2. The van der Waals surface area contributed by atoms with Gasteiger partial charge >= 0.3 is 35.5 Å². The second-order valence-corrected chi connectivity index (χ2v) is 8.35. The Labute approximate surface area is 227 Å². The Kier molecular flexibility index (Phi) is 10.9. The van der Waals surface area contributed by atoms with Crippen LogP contribution in [0.3, 0.4) is 0 Å². The van der Waals surface area contributed by atoms with E-state index in [4.69, 9.17) is 32.7 Å². The minimum absolute atomic E-state index is 0. The van der Waals surface area contributed by atoms with Crippen molar-refractivity contribution in [1.82, 2.24) is 5.32 Å². The van der Waals surface area contributed by atoms with Crippen LogP contribution in [0.4, 0.5) is 0 Å². The van der Waals surface area contributed by atoms with Gasteiger partial charge in [-0.15, -0.1) is 0 Å². The van der Waals surface area contributed by atoms with Gasteiger partial charge < -0.3 is 21.3 Å². The summed E-state index contributed by atoms with van der Waals surface area (Å²) in [6.07, 6.45) is 5.23. The van der Waals surface area contributed by atoms with Gasteiger partial charge in [0.25, 0.3) is 5.91 Å². The largest absolute Gasteiger partial charge is 1.00 e. The van der Waals surface area contributed by atoms with E-state index < -0.39 is 17.9 Å². The van der Waals surface area contributed by atoms with Gasteiger partial charge in [-0.1, -0.05) is 65.7 Å². The number of nitrogens with one attached hydrogen (secondary N) is 1. The minimum Gasteiger partial charge on any atom is -1.00 e. The van der Waals surface area contributed by atoms with Gasteiger partial charge in [0.2, 0.25) is 0 Å². The fourth-order valence-corrected chi connectivity index (χ4v) is 4.29. The van der Waals surface area contributed by atoms with Crippen LogP contribution in [0, 0.1) is 0 Å². The number of benzene rings is 2. The summed E-state index contributed by atoms with van der Waals surface area (Å²) in [5, 5.41) is 12.3. The van der Waals surface area contributed by atoms with Crippen LogP contribution in [-0.4, -0.2) is 43.3 Å². The number of carbonyl (C=O) groups excluding carboxylic acids is 1. The van der Waals surface area contributed by atoms with Crippen LogP contribution < -0.4 is 34.9 Å². The molecule has 0 spiro atoms. The molecule has 1 atom stereocenters. The molecule has 1 unspecified atom stereocenters. The van der Waals surface area contributed by atoms with Crippen LogP contribution in [-0.2, 0) is 19.9 Å². The molecule has 1 aliphatic heterocycles. The molecule has 6 nitrogen and oxygen atoms in total. The zero-order chi connectivity index (χ0) is 23.1. The Morgan fingerprint density at radius 2 is 1.79 bits per heavy atom. The molecule has 1 fully saturated rings. The molecule has 0 bridgehead atoms. The van der Waals surface area contributed by atoms with E-state index in [1.54, 1.807) is 19.3 Å². The van der Waals surface area contributed by atoms with Gasteiger partial charge in [0.05, 0.1) is 21.2 Å². The van der Waals surface area contributed by atoms with Crippen molar-refractivity contribution in [2.75, 3.05) is 20.3 Å². The minimum atomic E-state index is -1.15. The molecule has 1 aliphatic rings. The predicted molar refractivity (Wildman–Crippen MR) is 125 cm³/mol. The number of ether oxygens (including phenoxy) is 2. The first kappa shape index (κ1) is 27.9. The van der Waals surface area contributed by atoms with Gasteiger partial charge in [-0.05, 0) is 29.7 Å². The van der Waals surface area contributed by atoms with Gasteiger partial charge in [0, 0.05) is 33.2 Å². The van der Waals surface area contributed by atoms with Gasteiger partial charge in [0.15, 0.2) is 0 Å². The predicted octanol–water partition coefficient (Wildman–Crippen LogP) is 2.05. The van der Waals surface area contributed by atoms with Crippen LogP contribution in [0.2, 0.25) is 10.0 Å². The van der Waals surface area contributed by atoms with Gasteiger partial charge in [-0.3, -0.25) is 4.79 Å². The van der Waals surface area contributed by atoms with Crippen molar-refractivity contribution >= 4 is 41.2 Å². The molecule has 0 aliphatic carbocycles. The van der Waals surface area contributed by atoms with Gasteiger partial charge in [0.1, 0.15) is 6.04 Å².